The second-order valence-corrected chi connectivity index (χ2v) is 11.1. The van der Waals surface area contributed by atoms with Gasteiger partial charge in [-0.1, -0.05) is 36.5 Å². The molecule has 2 aliphatic rings. The van der Waals surface area contributed by atoms with Gasteiger partial charge in [-0.25, -0.2) is 15.0 Å². The first-order valence-corrected chi connectivity index (χ1v) is 14.4. The van der Waals surface area contributed by atoms with E-state index in [1.165, 1.54) is 0 Å². The molecule has 2 atom stereocenters. The largest absolute Gasteiger partial charge is 0.392 e. The zero-order chi connectivity index (χ0) is 29.0. The molecule has 0 aliphatic carbocycles. The summed E-state index contributed by atoms with van der Waals surface area (Å²) >= 11 is 12.4. The second kappa shape index (κ2) is 13.2. The summed E-state index contributed by atoms with van der Waals surface area (Å²) in [7, 11) is 0. The quantitative estimate of drug-likeness (QED) is 0.332. The number of nitrogens with zero attached hydrogens (tertiary/aromatic N) is 6. The van der Waals surface area contributed by atoms with Gasteiger partial charge in [-0.3, -0.25) is 14.5 Å². The number of hydrogen-bond donors (Lipinski definition) is 4. The van der Waals surface area contributed by atoms with Crippen molar-refractivity contribution in [3.8, 4) is 0 Å². The summed E-state index contributed by atoms with van der Waals surface area (Å²) in [6, 6.07) is 3.81. The fourth-order valence-corrected chi connectivity index (χ4v) is 5.85. The van der Waals surface area contributed by atoms with Crippen LogP contribution in [0.1, 0.15) is 60.4 Å². The molecule has 14 heteroatoms. The van der Waals surface area contributed by atoms with Crippen LogP contribution in [-0.4, -0.2) is 99.1 Å². The van der Waals surface area contributed by atoms with Crippen LogP contribution in [0.5, 0.6) is 0 Å². The number of nitrogen functional groups attached to an aromatic ring is 2. The molecule has 0 aromatic carbocycles. The Hall–Kier alpha value is -2.93. The molecule has 0 radical (unpaired) electrons. The molecule has 12 nitrogen and oxygen atoms in total. The standard InChI is InChI=1S/C26H37Cl2N9O3/c1-3-4-17-14-36(24-21(28)33-20(23(30)34-24)25(39)31-13-15(2)38)11-12-37(17)16-7-9-35(10-8-16)26(40)18-5-6-19(27)32-22(18)29/h5-6,15-17,38H,3-4,7-14H2,1-2H3,(H2,29,32)(H2,30,34)(H,31,39)/t15-,17+/m1/s1. The third kappa shape index (κ3) is 6.85. The number of aromatic nitrogens is 3. The number of likely N-dealkylation sites (tertiary alicyclic amines) is 1. The van der Waals surface area contributed by atoms with Gasteiger partial charge in [-0.05, 0) is 38.3 Å². The van der Waals surface area contributed by atoms with Crippen molar-refractivity contribution in [3.05, 3.63) is 33.7 Å². The maximum Gasteiger partial charge on any atom is 0.273 e. The number of carbonyl (C=O) groups is 2. The highest BCUT2D eigenvalue weighted by atomic mass is 35.5. The summed E-state index contributed by atoms with van der Waals surface area (Å²) in [5, 5.41) is 12.4. The molecule has 2 fully saturated rings. The lowest BCUT2D eigenvalue weighted by Gasteiger charge is -2.48. The molecule has 0 unspecified atom stereocenters. The Kier molecular flexibility index (Phi) is 9.88. The third-order valence-corrected chi connectivity index (χ3v) is 7.89. The lowest BCUT2D eigenvalue weighted by atomic mass is 9.97. The molecule has 2 aliphatic heterocycles. The first-order valence-electron chi connectivity index (χ1n) is 13.6. The predicted molar refractivity (Wildman–Crippen MR) is 156 cm³/mol. The summed E-state index contributed by atoms with van der Waals surface area (Å²) in [4.78, 5) is 44.6. The smallest absolute Gasteiger partial charge is 0.273 e. The van der Waals surface area contributed by atoms with E-state index >= 15 is 0 Å². The number of hydrogen-bond acceptors (Lipinski definition) is 10. The van der Waals surface area contributed by atoms with Crippen LogP contribution in [0.2, 0.25) is 10.3 Å². The predicted octanol–water partition coefficient (Wildman–Crippen LogP) is 2.05. The van der Waals surface area contributed by atoms with Gasteiger partial charge < -0.3 is 31.7 Å². The molecule has 4 heterocycles. The highest BCUT2D eigenvalue weighted by Gasteiger charge is 2.36. The average molecular weight is 595 g/mol. The number of pyridine rings is 1. The van der Waals surface area contributed by atoms with Crippen molar-refractivity contribution in [1.29, 1.82) is 0 Å². The van der Waals surface area contributed by atoms with Crippen LogP contribution >= 0.6 is 23.2 Å². The Labute approximate surface area is 244 Å². The molecule has 6 N–H and O–H groups in total. The zero-order valence-corrected chi connectivity index (χ0v) is 24.3. The van der Waals surface area contributed by atoms with E-state index in [4.69, 9.17) is 34.7 Å². The van der Waals surface area contributed by atoms with Crippen molar-refractivity contribution in [2.24, 2.45) is 0 Å². The number of amides is 2. The second-order valence-electron chi connectivity index (χ2n) is 10.3. The van der Waals surface area contributed by atoms with Crippen LogP contribution in [0.15, 0.2) is 12.1 Å². The van der Waals surface area contributed by atoms with Crippen molar-refractivity contribution in [2.75, 3.05) is 55.6 Å². The summed E-state index contributed by atoms with van der Waals surface area (Å²) in [5.74, 6) is -0.0570. The fraction of sp³-hybridized carbons (Fsp3) is 0.577. The summed E-state index contributed by atoms with van der Waals surface area (Å²) in [6.45, 7) is 7.24. The van der Waals surface area contributed by atoms with Gasteiger partial charge in [0.1, 0.15) is 11.0 Å². The Bertz CT molecular complexity index is 1220. The number of rotatable bonds is 8. The van der Waals surface area contributed by atoms with Crippen molar-refractivity contribution in [2.45, 2.75) is 57.7 Å². The monoisotopic (exact) mass is 593 g/mol. The van der Waals surface area contributed by atoms with Crippen molar-refractivity contribution in [3.63, 3.8) is 0 Å². The van der Waals surface area contributed by atoms with E-state index in [0.29, 0.717) is 43.6 Å². The highest BCUT2D eigenvalue weighted by Crippen LogP contribution is 2.30. The van der Waals surface area contributed by atoms with E-state index < -0.39 is 12.0 Å². The SMILES string of the molecule is CCC[C@H]1CN(c2nc(N)c(C(=O)NC[C@@H](C)O)nc2Cl)CCN1C1CCN(C(=O)c2ccc(Cl)nc2N)CC1. The number of halogens is 2. The van der Waals surface area contributed by atoms with Gasteiger partial charge in [0.15, 0.2) is 22.5 Å². The molecule has 2 amide bonds. The van der Waals surface area contributed by atoms with Gasteiger partial charge in [-0.15, -0.1) is 0 Å². The normalized spacial score (nSPS) is 19.5. The molecular formula is C26H37Cl2N9O3. The molecule has 2 saturated heterocycles. The Morgan fingerprint density at radius 1 is 1.10 bits per heavy atom. The molecule has 40 heavy (non-hydrogen) atoms. The number of carbonyl (C=O) groups excluding carboxylic acids is 2. The Balaban J connectivity index is 1.40. The molecule has 218 valence electrons. The van der Waals surface area contributed by atoms with Crippen LogP contribution in [-0.2, 0) is 0 Å². The first kappa shape index (κ1) is 30.0. The Morgan fingerprint density at radius 3 is 2.48 bits per heavy atom. The number of aliphatic hydroxyl groups is 1. The van der Waals surface area contributed by atoms with Crippen molar-refractivity contribution >= 4 is 52.5 Å². The molecule has 0 bridgehead atoms. The molecule has 4 rings (SSSR count). The van der Waals surface area contributed by atoms with Gasteiger partial charge in [0.05, 0.1) is 11.7 Å². The van der Waals surface area contributed by atoms with E-state index in [1.54, 1.807) is 19.1 Å². The lowest BCUT2D eigenvalue weighted by molar-refractivity contribution is 0.0481. The minimum Gasteiger partial charge on any atom is -0.392 e. The first-order chi connectivity index (χ1) is 19.1. The number of nitrogens with two attached hydrogens (primary N) is 2. The molecule has 0 spiro atoms. The topological polar surface area (TPSA) is 167 Å². The van der Waals surface area contributed by atoms with Gasteiger partial charge >= 0.3 is 0 Å². The van der Waals surface area contributed by atoms with Crippen molar-refractivity contribution in [1.82, 2.24) is 30.1 Å². The van der Waals surface area contributed by atoms with Gasteiger partial charge in [0, 0.05) is 51.4 Å². The number of aliphatic hydroxyl groups excluding tert-OH is 1. The number of nitrogens with one attached hydrogen (secondary N) is 1. The summed E-state index contributed by atoms with van der Waals surface area (Å²) in [6.07, 6.45) is 3.02. The fourth-order valence-electron chi connectivity index (χ4n) is 5.45. The van der Waals surface area contributed by atoms with E-state index in [1.807, 2.05) is 4.90 Å². The minimum atomic E-state index is -0.702. The molecule has 0 saturated carbocycles. The number of piperazine rings is 1. The van der Waals surface area contributed by atoms with Crippen LogP contribution in [0.25, 0.3) is 0 Å². The van der Waals surface area contributed by atoms with E-state index in [0.717, 1.165) is 32.2 Å². The van der Waals surface area contributed by atoms with E-state index in [9.17, 15) is 14.7 Å². The maximum absolute atomic E-state index is 13.0. The molecule has 2 aromatic rings. The number of piperidine rings is 1. The number of anilines is 3. The van der Waals surface area contributed by atoms with Gasteiger partial charge in [-0.2, -0.15) is 0 Å². The lowest BCUT2D eigenvalue weighted by Crippen LogP contribution is -2.59. The van der Waals surface area contributed by atoms with E-state index in [-0.39, 0.29) is 46.1 Å². The van der Waals surface area contributed by atoms with Crippen LogP contribution in [0, 0.1) is 0 Å². The van der Waals surface area contributed by atoms with Crippen LogP contribution in [0.4, 0.5) is 17.5 Å². The Morgan fingerprint density at radius 2 is 1.82 bits per heavy atom. The van der Waals surface area contributed by atoms with Gasteiger partial charge in [0.2, 0.25) is 0 Å². The maximum atomic E-state index is 13.0. The average Bonchev–Trinajstić information content (AvgIpc) is 2.92. The molecule has 2 aromatic heterocycles. The van der Waals surface area contributed by atoms with Crippen LogP contribution in [0.3, 0.4) is 0 Å². The van der Waals surface area contributed by atoms with E-state index in [2.05, 4.69) is 37.0 Å². The van der Waals surface area contributed by atoms with Gasteiger partial charge in [0.25, 0.3) is 11.8 Å². The highest BCUT2D eigenvalue weighted by molar-refractivity contribution is 6.32. The molecular weight excluding hydrogens is 557 g/mol. The zero-order valence-electron chi connectivity index (χ0n) is 22.8. The summed E-state index contributed by atoms with van der Waals surface area (Å²) in [5.41, 5.74) is 12.4. The van der Waals surface area contributed by atoms with Crippen molar-refractivity contribution < 1.29 is 14.7 Å². The summed E-state index contributed by atoms with van der Waals surface area (Å²) < 4.78 is 0. The van der Waals surface area contributed by atoms with Crippen LogP contribution < -0.4 is 21.7 Å². The minimum absolute atomic E-state index is 0.00877. The third-order valence-electron chi connectivity index (χ3n) is 7.43.